The van der Waals surface area contributed by atoms with Crippen molar-refractivity contribution in [2.75, 3.05) is 0 Å². The van der Waals surface area contributed by atoms with Gasteiger partial charge in [0.1, 0.15) is 12.1 Å². The third-order valence-corrected chi connectivity index (χ3v) is 1.74. The molecule has 0 aliphatic rings. The molecule has 64 valence electrons. The number of nitrogens with zero attached hydrogens (tertiary/aromatic N) is 2. The molecule has 0 aliphatic heterocycles. The molecule has 0 N–H and O–H groups in total. The topological polar surface area (TPSA) is 42.9 Å². The Morgan fingerprint density at radius 2 is 2.08 bits per heavy atom. The molecule has 12 heavy (non-hydrogen) atoms. The van der Waals surface area contributed by atoms with Gasteiger partial charge in [0.05, 0.1) is 0 Å². The van der Waals surface area contributed by atoms with Crippen LogP contribution in [0.1, 0.15) is 31.7 Å². The van der Waals surface area contributed by atoms with Gasteiger partial charge in [0, 0.05) is 18.8 Å². The molecular weight excluding hydrogens is 152 g/mol. The Balaban J connectivity index is 2.65. The summed E-state index contributed by atoms with van der Waals surface area (Å²) >= 11 is 0. The zero-order chi connectivity index (χ0) is 8.97. The minimum Gasteiger partial charge on any atom is -0.300 e. The summed E-state index contributed by atoms with van der Waals surface area (Å²) in [6, 6.07) is 0. The van der Waals surface area contributed by atoms with Crippen LogP contribution in [0.4, 0.5) is 0 Å². The Labute approximate surface area is 71.9 Å². The highest BCUT2D eigenvalue weighted by molar-refractivity contribution is 5.76. The minimum absolute atomic E-state index is 0.200. The quantitative estimate of drug-likeness (QED) is 0.680. The van der Waals surface area contributed by atoms with Gasteiger partial charge >= 0.3 is 0 Å². The van der Waals surface area contributed by atoms with E-state index in [1.54, 1.807) is 19.3 Å². The highest BCUT2D eigenvalue weighted by Crippen LogP contribution is 2.16. The molecule has 3 heteroatoms. The molecule has 0 saturated heterocycles. The summed E-state index contributed by atoms with van der Waals surface area (Å²) in [5.74, 6) is 0.426. The molecule has 1 rings (SSSR count). The van der Waals surface area contributed by atoms with Gasteiger partial charge in [-0.1, -0.05) is 6.92 Å². The van der Waals surface area contributed by atoms with Crippen LogP contribution in [0, 0.1) is 0 Å². The molecule has 1 atom stereocenters. The van der Waals surface area contributed by atoms with E-state index in [1.807, 2.05) is 6.92 Å². The van der Waals surface area contributed by atoms with E-state index >= 15 is 0 Å². The summed E-state index contributed by atoms with van der Waals surface area (Å²) in [6.07, 6.45) is 5.55. The van der Waals surface area contributed by atoms with Crippen LogP contribution in [0.2, 0.25) is 0 Å². The van der Waals surface area contributed by atoms with Crippen molar-refractivity contribution in [2.24, 2.45) is 0 Å². The van der Waals surface area contributed by atoms with E-state index in [0.717, 1.165) is 5.56 Å². The Kier molecular flexibility index (Phi) is 2.91. The number of ketones is 1. The third kappa shape index (κ3) is 2.42. The SMILES string of the molecule is CC(=O)CC(C)c1cncnc1. The highest BCUT2D eigenvalue weighted by atomic mass is 16.1. The zero-order valence-electron chi connectivity index (χ0n) is 7.32. The predicted molar refractivity (Wildman–Crippen MR) is 45.7 cm³/mol. The lowest BCUT2D eigenvalue weighted by molar-refractivity contribution is -0.117. The van der Waals surface area contributed by atoms with Crippen LogP contribution in [0.5, 0.6) is 0 Å². The van der Waals surface area contributed by atoms with Crippen LogP contribution in [0.3, 0.4) is 0 Å². The average Bonchev–Trinajstić information content (AvgIpc) is 2.05. The summed E-state index contributed by atoms with van der Waals surface area (Å²) < 4.78 is 0. The Morgan fingerprint density at radius 1 is 1.50 bits per heavy atom. The zero-order valence-corrected chi connectivity index (χ0v) is 7.32. The molecular formula is C9H12N2O. The van der Waals surface area contributed by atoms with Gasteiger partial charge in [-0.05, 0) is 18.4 Å². The lowest BCUT2D eigenvalue weighted by atomic mass is 9.99. The van der Waals surface area contributed by atoms with Crippen molar-refractivity contribution in [3.63, 3.8) is 0 Å². The number of hydrogen-bond donors (Lipinski definition) is 0. The van der Waals surface area contributed by atoms with E-state index in [1.165, 1.54) is 6.33 Å². The van der Waals surface area contributed by atoms with Crippen molar-refractivity contribution < 1.29 is 4.79 Å². The van der Waals surface area contributed by atoms with Crippen LogP contribution >= 0.6 is 0 Å². The molecule has 0 fully saturated rings. The Bertz CT molecular complexity index is 258. The summed E-state index contributed by atoms with van der Waals surface area (Å²) in [5, 5.41) is 0. The minimum atomic E-state index is 0.200. The summed E-state index contributed by atoms with van der Waals surface area (Å²) in [4.78, 5) is 18.6. The maximum absolute atomic E-state index is 10.8. The molecule has 3 nitrogen and oxygen atoms in total. The summed E-state index contributed by atoms with van der Waals surface area (Å²) in [7, 11) is 0. The fraction of sp³-hybridized carbons (Fsp3) is 0.444. The molecule has 1 aromatic rings. The standard InChI is InChI=1S/C9H12N2O/c1-7(3-8(2)12)9-4-10-6-11-5-9/h4-7H,3H2,1-2H3. The lowest BCUT2D eigenvalue weighted by Crippen LogP contribution is -2.00. The number of rotatable bonds is 3. The van der Waals surface area contributed by atoms with E-state index in [2.05, 4.69) is 9.97 Å². The molecule has 0 saturated carbocycles. The first-order chi connectivity index (χ1) is 5.70. The number of Topliss-reactive ketones (excluding diaryl/α,β-unsaturated/α-hetero) is 1. The molecule has 0 aromatic carbocycles. The first-order valence-electron chi connectivity index (χ1n) is 3.94. The van der Waals surface area contributed by atoms with Crippen molar-refractivity contribution in [3.05, 3.63) is 24.3 Å². The van der Waals surface area contributed by atoms with Crippen molar-refractivity contribution in [1.82, 2.24) is 9.97 Å². The Morgan fingerprint density at radius 3 is 2.58 bits per heavy atom. The van der Waals surface area contributed by atoms with Crippen LogP contribution in [0.25, 0.3) is 0 Å². The smallest absolute Gasteiger partial charge is 0.130 e. The molecule has 0 aliphatic carbocycles. The summed E-state index contributed by atoms with van der Waals surface area (Å²) in [6.45, 7) is 3.60. The highest BCUT2D eigenvalue weighted by Gasteiger charge is 2.07. The van der Waals surface area contributed by atoms with Gasteiger partial charge in [-0.3, -0.25) is 0 Å². The molecule has 1 heterocycles. The fourth-order valence-corrected chi connectivity index (χ4v) is 1.11. The van der Waals surface area contributed by atoms with Crippen LogP contribution < -0.4 is 0 Å². The van der Waals surface area contributed by atoms with Gasteiger partial charge in [0.15, 0.2) is 0 Å². The van der Waals surface area contributed by atoms with E-state index in [0.29, 0.717) is 6.42 Å². The number of hydrogen-bond acceptors (Lipinski definition) is 3. The van der Waals surface area contributed by atoms with Gasteiger partial charge in [0.2, 0.25) is 0 Å². The van der Waals surface area contributed by atoms with Crippen LogP contribution in [-0.2, 0) is 4.79 Å². The van der Waals surface area contributed by atoms with Crippen molar-refractivity contribution in [1.29, 1.82) is 0 Å². The molecule has 0 bridgehead atoms. The molecule has 1 unspecified atom stereocenters. The van der Waals surface area contributed by atoms with E-state index in [4.69, 9.17) is 0 Å². The third-order valence-electron chi connectivity index (χ3n) is 1.74. The van der Waals surface area contributed by atoms with Crippen molar-refractivity contribution in [2.45, 2.75) is 26.2 Å². The number of carbonyl (C=O) groups is 1. The molecule has 0 radical (unpaired) electrons. The average molecular weight is 164 g/mol. The second-order valence-electron chi connectivity index (χ2n) is 2.98. The fourth-order valence-electron chi connectivity index (χ4n) is 1.11. The second-order valence-corrected chi connectivity index (χ2v) is 2.98. The van der Waals surface area contributed by atoms with Crippen molar-refractivity contribution >= 4 is 5.78 Å². The van der Waals surface area contributed by atoms with Gasteiger partial charge < -0.3 is 4.79 Å². The lowest BCUT2D eigenvalue weighted by Gasteiger charge is -2.07. The van der Waals surface area contributed by atoms with Crippen LogP contribution in [-0.4, -0.2) is 15.8 Å². The van der Waals surface area contributed by atoms with Gasteiger partial charge in [-0.15, -0.1) is 0 Å². The Hall–Kier alpha value is -1.25. The molecule has 1 aromatic heterocycles. The second kappa shape index (κ2) is 3.95. The van der Waals surface area contributed by atoms with Crippen LogP contribution in [0.15, 0.2) is 18.7 Å². The maximum atomic E-state index is 10.8. The first kappa shape index (κ1) is 8.84. The first-order valence-corrected chi connectivity index (χ1v) is 3.94. The van der Waals surface area contributed by atoms with E-state index in [9.17, 15) is 4.79 Å². The van der Waals surface area contributed by atoms with Gasteiger partial charge in [0.25, 0.3) is 0 Å². The van der Waals surface area contributed by atoms with Gasteiger partial charge in [-0.2, -0.15) is 0 Å². The maximum Gasteiger partial charge on any atom is 0.130 e. The largest absolute Gasteiger partial charge is 0.300 e. The summed E-state index contributed by atoms with van der Waals surface area (Å²) in [5.41, 5.74) is 1.02. The molecule has 0 spiro atoms. The predicted octanol–water partition coefficient (Wildman–Crippen LogP) is 1.56. The molecule has 0 amide bonds. The van der Waals surface area contributed by atoms with E-state index in [-0.39, 0.29) is 11.7 Å². The number of aromatic nitrogens is 2. The van der Waals surface area contributed by atoms with Gasteiger partial charge in [-0.25, -0.2) is 9.97 Å². The van der Waals surface area contributed by atoms with Crippen molar-refractivity contribution in [3.8, 4) is 0 Å². The normalized spacial score (nSPS) is 12.5. The van der Waals surface area contributed by atoms with E-state index < -0.39 is 0 Å². The number of carbonyl (C=O) groups excluding carboxylic acids is 1. The monoisotopic (exact) mass is 164 g/mol.